The Morgan fingerprint density at radius 2 is 1.84 bits per heavy atom. The maximum absolute atomic E-state index is 14.8. The number of nitrogens with zero attached hydrogens (tertiary/aromatic N) is 3. The minimum Gasteiger partial charge on any atom is -0.496 e. The Hall–Kier alpha value is -3.08. The molecule has 1 aromatic carbocycles. The molecule has 43 heavy (non-hydrogen) atoms. The second-order valence-corrected chi connectivity index (χ2v) is 13.7. The zero-order valence-corrected chi connectivity index (χ0v) is 25.3. The minimum atomic E-state index is -4.91. The van der Waals surface area contributed by atoms with Crippen LogP contribution in [0.4, 0.5) is 13.2 Å². The molecule has 4 saturated carbocycles. The summed E-state index contributed by atoms with van der Waals surface area (Å²) in [5.41, 5.74) is -2.67. The number of aliphatic carboxylic acids is 1. The topological polar surface area (TPSA) is 102 Å². The molecule has 1 N–H and O–H groups in total. The van der Waals surface area contributed by atoms with Gasteiger partial charge in [-0.25, -0.2) is 0 Å². The molecule has 1 amide bonds. The Morgan fingerprint density at radius 3 is 2.42 bits per heavy atom. The van der Waals surface area contributed by atoms with E-state index in [-0.39, 0.29) is 58.9 Å². The van der Waals surface area contributed by atoms with Crippen molar-refractivity contribution in [3.05, 3.63) is 46.2 Å². The number of halogens is 4. The highest BCUT2D eigenvalue weighted by molar-refractivity contribution is 6.34. The van der Waals surface area contributed by atoms with Crippen molar-refractivity contribution in [2.45, 2.75) is 76.9 Å². The lowest BCUT2D eigenvalue weighted by molar-refractivity contribution is -0.151. The van der Waals surface area contributed by atoms with Gasteiger partial charge in [-0.05, 0) is 80.2 Å². The Bertz CT molecular complexity index is 1410. The summed E-state index contributed by atoms with van der Waals surface area (Å²) in [7, 11) is 1.38. The molecule has 4 aliphatic rings. The minimum absolute atomic E-state index is 0.0215. The highest BCUT2D eigenvalue weighted by Crippen LogP contribution is 2.54. The number of carbonyl (C=O) groups excluding carboxylic acids is 2. The lowest BCUT2D eigenvalue weighted by Crippen LogP contribution is -2.49. The van der Waals surface area contributed by atoms with Gasteiger partial charge in [-0.1, -0.05) is 31.5 Å². The number of carboxylic acids is 1. The summed E-state index contributed by atoms with van der Waals surface area (Å²) >= 11 is 6.31. The zero-order chi connectivity index (χ0) is 31.3. The smallest absolute Gasteiger partial charge is 0.433 e. The molecular weight excluding hydrogens is 587 g/mol. The average molecular weight is 624 g/mol. The van der Waals surface area contributed by atoms with Crippen molar-refractivity contribution in [3.8, 4) is 5.75 Å². The second-order valence-electron chi connectivity index (χ2n) is 13.3. The van der Waals surface area contributed by atoms with Crippen molar-refractivity contribution >= 4 is 29.3 Å². The number of ether oxygens (including phenoxy) is 1. The van der Waals surface area contributed by atoms with Gasteiger partial charge in [0, 0.05) is 13.0 Å². The first-order valence-corrected chi connectivity index (χ1v) is 15.0. The van der Waals surface area contributed by atoms with Crippen LogP contribution in [0.2, 0.25) is 5.02 Å². The molecule has 0 radical (unpaired) electrons. The van der Waals surface area contributed by atoms with Crippen LogP contribution in [0.25, 0.3) is 0 Å². The summed E-state index contributed by atoms with van der Waals surface area (Å²) < 4.78 is 50.8. The summed E-state index contributed by atoms with van der Waals surface area (Å²) in [6, 6.07) is 4.68. The van der Waals surface area contributed by atoms with Gasteiger partial charge in [0.2, 0.25) is 0 Å². The van der Waals surface area contributed by atoms with E-state index in [1.807, 2.05) is 0 Å². The van der Waals surface area contributed by atoms with Crippen LogP contribution in [0.3, 0.4) is 0 Å². The van der Waals surface area contributed by atoms with Crippen LogP contribution in [0.5, 0.6) is 5.75 Å². The van der Waals surface area contributed by atoms with E-state index in [9.17, 15) is 32.7 Å². The summed E-state index contributed by atoms with van der Waals surface area (Å²) in [6.07, 6.45) is -0.198. The van der Waals surface area contributed by atoms with E-state index in [4.69, 9.17) is 16.3 Å². The number of alkyl halides is 3. The van der Waals surface area contributed by atoms with Crippen molar-refractivity contribution in [2.75, 3.05) is 20.2 Å². The van der Waals surface area contributed by atoms with Crippen LogP contribution in [0.15, 0.2) is 24.4 Å². The molecular formula is C31H37ClF3N3O5. The van der Waals surface area contributed by atoms with Crippen molar-refractivity contribution in [1.82, 2.24) is 14.7 Å². The standard InChI is InChI=1S/C31H37ClF3N3O5/c1-29(2)12-18(13-29)16-37(17-23(39)26-22(32)5-4-6-24(26)43-3)28(42)21-15-36-38(27(21)31(33,34)35)30-9-7-19(8-10-30)20(14-30)11-25(40)41/h4-6,15,18-20H,7-14,16-17H2,1-3H3,(H,40,41). The van der Waals surface area contributed by atoms with Crippen LogP contribution < -0.4 is 4.74 Å². The van der Waals surface area contributed by atoms with Crippen LogP contribution in [0.1, 0.15) is 91.6 Å². The molecule has 0 spiro atoms. The van der Waals surface area contributed by atoms with Gasteiger partial charge in [-0.2, -0.15) is 18.3 Å². The summed E-state index contributed by atoms with van der Waals surface area (Å²) in [6.45, 7) is 3.79. The maximum atomic E-state index is 14.8. The molecule has 0 saturated heterocycles. The Balaban J connectivity index is 1.51. The molecule has 2 bridgehead atoms. The molecule has 1 unspecified atom stereocenters. The Labute approximate surface area is 253 Å². The van der Waals surface area contributed by atoms with Gasteiger partial charge in [-0.15, -0.1) is 0 Å². The van der Waals surface area contributed by atoms with E-state index in [1.165, 1.54) is 18.1 Å². The molecule has 1 aromatic heterocycles. The van der Waals surface area contributed by atoms with Gasteiger partial charge < -0.3 is 14.7 Å². The molecule has 12 heteroatoms. The van der Waals surface area contributed by atoms with Crippen LogP contribution in [0, 0.1) is 23.2 Å². The summed E-state index contributed by atoms with van der Waals surface area (Å²) in [5.74, 6) is -2.32. The number of fused-ring (bicyclic) bond motifs is 3. The van der Waals surface area contributed by atoms with E-state index in [0.717, 1.165) is 23.7 Å². The lowest BCUT2D eigenvalue weighted by Gasteiger charge is -2.51. The normalized spacial score (nSPS) is 24.8. The first-order valence-electron chi connectivity index (χ1n) is 14.7. The van der Waals surface area contributed by atoms with E-state index >= 15 is 0 Å². The van der Waals surface area contributed by atoms with Crippen molar-refractivity contribution < 1.29 is 37.4 Å². The van der Waals surface area contributed by atoms with E-state index in [0.29, 0.717) is 25.7 Å². The van der Waals surface area contributed by atoms with Crippen molar-refractivity contribution in [1.29, 1.82) is 0 Å². The van der Waals surface area contributed by atoms with Crippen LogP contribution in [-0.4, -0.2) is 57.6 Å². The third-order valence-electron chi connectivity index (χ3n) is 9.68. The number of hydrogen-bond donors (Lipinski definition) is 1. The number of carbonyl (C=O) groups is 3. The maximum Gasteiger partial charge on any atom is 0.433 e. The van der Waals surface area contributed by atoms with Gasteiger partial charge in [0.05, 0.1) is 41.5 Å². The Kier molecular flexibility index (Phi) is 8.35. The van der Waals surface area contributed by atoms with Gasteiger partial charge in [0.15, 0.2) is 11.5 Å². The van der Waals surface area contributed by atoms with Crippen LogP contribution >= 0.6 is 11.6 Å². The molecule has 6 rings (SSSR count). The largest absolute Gasteiger partial charge is 0.496 e. The van der Waals surface area contributed by atoms with Crippen LogP contribution in [-0.2, 0) is 16.5 Å². The van der Waals surface area contributed by atoms with Gasteiger partial charge in [-0.3, -0.25) is 19.1 Å². The summed E-state index contributed by atoms with van der Waals surface area (Å²) in [5, 5.41) is 13.7. The monoisotopic (exact) mass is 623 g/mol. The molecule has 4 fully saturated rings. The number of benzene rings is 1. The first kappa shape index (κ1) is 31.3. The van der Waals surface area contributed by atoms with Crippen molar-refractivity contribution in [2.24, 2.45) is 23.2 Å². The van der Waals surface area contributed by atoms with Crippen molar-refractivity contribution in [3.63, 3.8) is 0 Å². The fourth-order valence-corrected chi connectivity index (χ4v) is 8.21. The number of Topliss-reactive ketones (excluding diaryl/α,β-unsaturated/α-hetero) is 1. The number of ketones is 1. The quantitative estimate of drug-likeness (QED) is 0.295. The number of methoxy groups -OCH3 is 1. The van der Waals surface area contributed by atoms with Gasteiger partial charge in [0.25, 0.3) is 5.91 Å². The van der Waals surface area contributed by atoms with Gasteiger partial charge >= 0.3 is 12.1 Å². The summed E-state index contributed by atoms with van der Waals surface area (Å²) in [4.78, 5) is 40.2. The number of rotatable bonds is 10. The Morgan fingerprint density at radius 1 is 1.16 bits per heavy atom. The number of amides is 1. The zero-order valence-electron chi connectivity index (χ0n) is 24.5. The predicted molar refractivity (Wildman–Crippen MR) is 152 cm³/mol. The van der Waals surface area contributed by atoms with E-state index in [1.54, 1.807) is 12.1 Å². The molecule has 234 valence electrons. The van der Waals surface area contributed by atoms with Gasteiger partial charge in [0.1, 0.15) is 5.75 Å². The first-order chi connectivity index (χ1) is 20.1. The fourth-order valence-electron chi connectivity index (χ4n) is 7.94. The highest BCUT2D eigenvalue weighted by Gasteiger charge is 2.53. The second kappa shape index (κ2) is 11.4. The third-order valence-corrected chi connectivity index (χ3v) is 10.00. The predicted octanol–water partition coefficient (Wildman–Crippen LogP) is 6.71. The number of aromatic nitrogens is 2. The highest BCUT2D eigenvalue weighted by atomic mass is 35.5. The molecule has 0 aliphatic heterocycles. The SMILES string of the molecule is COc1cccc(Cl)c1C(=O)CN(CC1CC(C)(C)C1)C(=O)c1cnn(C23CCC(CC2)C(CC(=O)O)C3)c1C(F)(F)F. The van der Waals surface area contributed by atoms with E-state index in [2.05, 4.69) is 18.9 Å². The molecule has 4 aliphatic carbocycles. The lowest BCUT2D eigenvalue weighted by atomic mass is 9.59. The molecule has 8 nitrogen and oxygen atoms in total. The van der Waals surface area contributed by atoms with E-state index < -0.39 is 47.2 Å². The molecule has 1 heterocycles. The number of carboxylic acid groups (broad SMARTS) is 1. The number of hydrogen-bond acceptors (Lipinski definition) is 5. The molecule has 2 aromatic rings. The fraction of sp³-hybridized carbons (Fsp3) is 0.613. The average Bonchev–Trinajstić information content (AvgIpc) is 3.38. The molecule has 1 atom stereocenters. The third kappa shape index (κ3) is 6.14.